The number of sulfonamides is 1. The van der Waals surface area contributed by atoms with Crippen LogP contribution < -0.4 is 10.5 Å². The van der Waals surface area contributed by atoms with E-state index < -0.39 is 20.7 Å². The molecule has 114 valence electrons. The van der Waals surface area contributed by atoms with Crippen molar-refractivity contribution in [2.45, 2.75) is 25.7 Å². The number of nitrogens with one attached hydrogen (secondary N) is 1. The summed E-state index contributed by atoms with van der Waals surface area (Å²) in [6.07, 6.45) is 0. The zero-order chi connectivity index (χ0) is 15.3. The van der Waals surface area contributed by atoms with Gasteiger partial charge in [-0.15, -0.1) is 0 Å². The molecule has 0 aliphatic rings. The summed E-state index contributed by atoms with van der Waals surface area (Å²) in [7, 11) is -3.88. The summed E-state index contributed by atoms with van der Waals surface area (Å²) < 4.78 is 40.5. The van der Waals surface area contributed by atoms with E-state index in [4.69, 9.17) is 5.73 Å². The zero-order valence-corrected chi connectivity index (χ0v) is 12.9. The van der Waals surface area contributed by atoms with Crippen LogP contribution in [-0.2, 0) is 10.0 Å². The summed E-state index contributed by atoms with van der Waals surface area (Å²) in [6, 6.07) is 2.55. The van der Waals surface area contributed by atoms with Gasteiger partial charge in [0.05, 0.1) is 0 Å². The van der Waals surface area contributed by atoms with Gasteiger partial charge in [-0.25, -0.2) is 17.5 Å². The van der Waals surface area contributed by atoms with Crippen LogP contribution in [-0.4, -0.2) is 39.5 Å². The summed E-state index contributed by atoms with van der Waals surface area (Å²) in [4.78, 5) is 1.68. The highest BCUT2D eigenvalue weighted by Crippen LogP contribution is 2.21. The average Bonchev–Trinajstić information content (AvgIpc) is 2.38. The van der Waals surface area contributed by atoms with Gasteiger partial charge in [-0.2, -0.15) is 0 Å². The molecule has 0 saturated heterocycles. The first-order valence-electron chi connectivity index (χ1n) is 6.59. The number of benzene rings is 1. The highest BCUT2D eigenvalue weighted by Gasteiger charge is 2.20. The van der Waals surface area contributed by atoms with Gasteiger partial charge in [-0.1, -0.05) is 13.8 Å². The number of hydrogen-bond acceptors (Lipinski definition) is 4. The van der Waals surface area contributed by atoms with Crippen molar-refractivity contribution < 1.29 is 12.8 Å². The Bertz CT molecular complexity index is 557. The fourth-order valence-corrected chi connectivity index (χ4v) is 3.12. The largest absolute Gasteiger partial charge is 0.399 e. The molecule has 0 aromatic heterocycles. The van der Waals surface area contributed by atoms with Crippen LogP contribution in [0.2, 0.25) is 0 Å². The lowest BCUT2D eigenvalue weighted by atomic mass is 10.2. The summed E-state index contributed by atoms with van der Waals surface area (Å²) >= 11 is 0. The molecule has 20 heavy (non-hydrogen) atoms. The SMILES string of the molecule is CCN(CC)CCNS(=O)(=O)c1cc(N)cc(C)c1F. The molecular formula is C13H22FN3O2S. The van der Waals surface area contributed by atoms with Crippen molar-refractivity contribution in [2.24, 2.45) is 0 Å². The molecule has 0 aliphatic heterocycles. The topological polar surface area (TPSA) is 75.4 Å². The van der Waals surface area contributed by atoms with Gasteiger partial charge in [0.2, 0.25) is 10.0 Å². The number of aryl methyl sites for hydroxylation is 1. The van der Waals surface area contributed by atoms with E-state index in [1.54, 1.807) is 0 Å². The maximum Gasteiger partial charge on any atom is 0.243 e. The predicted molar refractivity (Wildman–Crippen MR) is 78.5 cm³/mol. The van der Waals surface area contributed by atoms with Gasteiger partial charge in [0, 0.05) is 18.8 Å². The first-order valence-corrected chi connectivity index (χ1v) is 8.07. The molecule has 0 unspecified atom stereocenters. The molecule has 7 heteroatoms. The highest BCUT2D eigenvalue weighted by atomic mass is 32.2. The third-order valence-electron chi connectivity index (χ3n) is 3.15. The standard InChI is InChI=1S/C13H22FN3O2S/c1-4-17(5-2)7-6-16-20(18,19)12-9-11(15)8-10(3)13(12)14/h8-9,16H,4-7,15H2,1-3H3. The molecule has 1 aromatic rings. The fraction of sp³-hybridized carbons (Fsp3) is 0.538. The normalized spacial score (nSPS) is 12.1. The molecule has 0 spiro atoms. The first kappa shape index (κ1) is 16.9. The van der Waals surface area contributed by atoms with Gasteiger partial charge in [-0.05, 0) is 37.7 Å². The van der Waals surface area contributed by atoms with Crippen LogP contribution >= 0.6 is 0 Å². The van der Waals surface area contributed by atoms with E-state index in [-0.39, 0.29) is 17.8 Å². The van der Waals surface area contributed by atoms with Gasteiger partial charge >= 0.3 is 0 Å². The van der Waals surface area contributed by atoms with Crippen LogP contribution in [0.15, 0.2) is 17.0 Å². The van der Waals surface area contributed by atoms with Crippen molar-refractivity contribution in [1.82, 2.24) is 9.62 Å². The van der Waals surface area contributed by atoms with Crippen molar-refractivity contribution in [2.75, 3.05) is 31.9 Å². The fourth-order valence-electron chi connectivity index (χ4n) is 1.92. The highest BCUT2D eigenvalue weighted by molar-refractivity contribution is 7.89. The molecule has 1 aromatic carbocycles. The van der Waals surface area contributed by atoms with Crippen molar-refractivity contribution in [3.8, 4) is 0 Å². The Hall–Kier alpha value is -1.18. The smallest absolute Gasteiger partial charge is 0.243 e. The third-order valence-corrected chi connectivity index (χ3v) is 4.61. The molecule has 0 radical (unpaired) electrons. The van der Waals surface area contributed by atoms with Crippen molar-refractivity contribution in [1.29, 1.82) is 0 Å². The van der Waals surface area contributed by atoms with E-state index in [2.05, 4.69) is 9.62 Å². The second kappa shape index (κ2) is 7.01. The summed E-state index contributed by atoms with van der Waals surface area (Å²) in [5.41, 5.74) is 6.02. The monoisotopic (exact) mass is 303 g/mol. The Morgan fingerprint density at radius 2 is 1.90 bits per heavy atom. The maximum atomic E-state index is 13.9. The Balaban J connectivity index is 2.85. The minimum absolute atomic E-state index is 0.217. The maximum absolute atomic E-state index is 13.9. The molecule has 0 saturated carbocycles. The Morgan fingerprint density at radius 1 is 1.30 bits per heavy atom. The number of likely N-dealkylation sites (N-methyl/N-ethyl adjacent to an activating group) is 1. The molecule has 0 fully saturated rings. The molecule has 0 aliphatic carbocycles. The van der Waals surface area contributed by atoms with Crippen molar-refractivity contribution >= 4 is 15.7 Å². The minimum atomic E-state index is -3.88. The Kier molecular flexibility index (Phi) is 5.91. The van der Waals surface area contributed by atoms with Crippen LogP contribution in [0.1, 0.15) is 19.4 Å². The number of nitrogen functional groups attached to an aromatic ring is 1. The van der Waals surface area contributed by atoms with Gasteiger partial charge in [-0.3, -0.25) is 0 Å². The van der Waals surface area contributed by atoms with E-state index in [1.165, 1.54) is 13.0 Å². The van der Waals surface area contributed by atoms with Crippen molar-refractivity contribution in [3.05, 3.63) is 23.5 Å². The third kappa shape index (κ3) is 4.16. The lowest BCUT2D eigenvalue weighted by molar-refractivity contribution is 0.309. The number of nitrogens with two attached hydrogens (primary N) is 1. The molecule has 0 amide bonds. The summed E-state index contributed by atoms with van der Waals surface area (Å²) in [6.45, 7) is 7.97. The summed E-state index contributed by atoms with van der Waals surface area (Å²) in [5.74, 6) is -0.755. The number of halogens is 1. The van der Waals surface area contributed by atoms with Gasteiger partial charge in [0.25, 0.3) is 0 Å². The molecule has 1 rings (SSSR count). The van der Waals surface area contributed by atoms with Crippen LogP contribution in [0.4, 0.5) is 10.1 Å². The number of nitrogens with zero attached hydrogens (tertiary/aromatic N) is 1. The molecular weight excluding hydrogens is 281 g/mol. The predicted octanol–water partition coefficient (Wildman–Crippen LogP) is 1.34. The number of rotatable bonds is 7. The van der Waals surface area contributed by atoms with Crippen LogP contribution in [0.3, 0.4) is 0 Å². The zero-order valence-electron chi connectivity index (χ0n) is 12.1. The second-order valence-electron chi connectivity index (χ2n) is 4.57. The molecule has 0 bridgehead atoms. The average molecular weight is 303 g/mol. The molecule has 0 heterocycles. The quantitative estimate of drug-likeness (QED) is 0.745. The van der Waals surface area contributed by atoms with E-state index in [1.807, 2.05) is 13.8 Å². The number of anilines is 1. The Morgan fingerprint density at radius 3 is 2.45 bits per heavy atom. The lowest BCUT2D eigenvalue weighted by Gasteiger charge is -2.18. The summed E-state index contributed by atoms with van der Waals surface area (Å²) in [5, 5.41) is 0. The van der Waals surface area contributed by atoms with Gasteiger partial charge in [0.15, 0.2) is 0 Å². The van der Waals surface area contributed by atoms with Crippen LogP contribution in [0, 0.1) is 12.7 Å². The Labute approximate surface area is 120 Å². The van der Waals surface area contributed by atoms with Gasteiger partial charge in [0.1, 0.15) is 10.7 Å². The van der Waals surface area contributed by atoms with Gasteiger partial charge < -0.3 is 10.6 Å². The molecule has 5 nitrogen and oxygen atoms in total. The lowest BCUT2D eigenvalue weighted by Crippen LogP contribution is -2.35. The van der Waals surface area contributed by atoms with E-state index in [0.717, 1.165) is 19.2 Å². The van der Waals surface area contributed by atoms with Crippen LogP contribution in [0.5, 0.6) is 0 Å². The van der Waals surface area contributed by atoms with E-state index in [0.29, 0.717) is 6.54 Å². The number of hydrogen-bond donors (Lipinski definition) is 2. The second-order valence-corrected chi connectivity index (χ2v) is 6.31. The molecule has 0 atom stereocenters. The molecule has 3 N–H and O–H groups in total. The minimum Gasteiger partial charge on any atom is -0.399 e. The van der Waals surface area contributed by atoms with E-state index >= 15 is 0 Å². The van der Waals surface area contributed by atoms with Crippen molar-refractivity contribution in [3.63, 3.8) is 0 Å². The van der Waals surface area contributed by atoms with E-state index in [9.17, 15) is 12.8 Å². The first-order chi connectivity index (χ1) is 9.31. The van der Waals surface area contributed by atoms with Crippen LogP contribution in [0.25, 0.3) is 0 Å².